The van der Waals surface area contributed by atoms with Gasteiger partial charge >= 0.3 is 0 Å². The molecule has 2 aliphatic rings. The number of aliphatic hydroxyl groups excluding tert-OH is 1. The van der Waals surface area contributed by atoms with Crippen LogP contribution in [0.5, 0.6) is 0 Å². The fourth-order valence-corrected chi connectivity index (χ4v) is 4.17. The zero-order chi connectivity index (χ0) is 20.3. The lowest BCUT2D eigenvalue weighted by molar-refractivity contribution is -0.125. The average molecular weight is 401 g/mol. The molecule has 2 aliphatic heterocycles. The van der Waals surface area contributed by atoms with Crippen LogP contribution in [-0.2, 0) is 9.59 Å². The first kappa shape index (κ1) is 20.5. The third kappa shape index (κ3) is 3.70. The summed E-state index contributed by atoms with van der Waals surface area (Å²) in [5.41, 5.74) is 3.06. The van der Waals surface area contributed by atoms with Gasteiger partial charge in [0, 0.05) is 12.1 Å². The highest BCUT2D eigenvalue weighted by molar-refractivity contribution is 6.30. The van der Waals surface area contributed by atoms with Crippen LogP contribution in [0.4, 0.5) is 0 Å². The van der Waals surface area contributed by atoms with Crippen molar-refractivity contribution < 1.29 is 14.7 Å². The van der Waals surface area contributed by atoms with E-state index in [9.17, 15) is 9.59 Å². The number of hydrogen-bond donors (Lipinski definition) is 3. The van der Waals surface area contributed by atoms with E-state index in [4.69, 9.17) is 16.7 Å². The second-order valence-corrected chi connectivity index (χ2v) is 7.63. The number of hydrogen-bond acceptors (Lipinski definition) is 4. The van der Waals surface area contributed by atoms with E-state index in [0.717, 1.165) is 42.5 Å². The topological polar surface area (TPSA) is 78.4 Å². The van der Waals surface area contributed by atoms with Gasteiger partial charge in [-0.25, -0.2) is 0 Å². The second-order valence-electron chi connectivity index (χ2n) is 7.20. The van der Waals surface area contributed by atoms with Gasteiger partial charge in [0.2, 0.25) is 5.91 Å². The predicted octanol–water partition coefficient (Wildman–Crippen LogP) is 2.83. The summed E-state index contributed by atoms with van der Waals surface area (Å²) in [5, 5.41) is 14.0. The van der Waals surface area contributed by atoms with Crippen molar-refractivity contribution in [2.24, 2.45) is 0 Å². The van der Waals surface area contributed by atoms with Gasteiger partial charge in [-0.15, -0.1) is 0 Å². The summed E-state index contributed by atoms with van der Waals surface area (Å²) < 4.78 is 0. The summed E-state index contributed by atoms with van der Waals surface area (Å²) >= 11 is 5.98. The number of carbonyl (C=O) groups excluding carboxylic acids is 2. The van der Waals surface area contributed by atoms with Crippen LogP contribution < -0.4 is 10.6 Å². The van der Waals surface area contributed by atoms with Gasteiger partial charge in [0.1, 0.15) is 11.5 Å². The molecule has 1 amide bonds. The lowest BCUT2D eigenvalue weighted by Crippen LogP contribution is -2.53. The molecule has 2 heterocycles. The van der Waals surface area contributed by atoms with Gasteiger partial charge in [0.05, 0.1) is 0 Å². The quantitative estimate of drug-likeness (QED) is 0.677. The van der Waals surface area contributed by atoms with E-state index in [1.54, 1.807) is 0 Å². The SMILES string of the molecule is CO.Cc1ccc(-c2ccc(Cl)cc2)cc1C1C(=O)NC2(CCNCC2)C1=O. The number of piperidine rings is 1. The monoisotopic (exact) mass is 400 g/mol. The van der Waals surface area contributed by atoms with E-state index in [2.05, 4.69) is 10.6 Å². The van der Waals surface area contributed by atoms with Crippen LogP contribution in [0.3, 0.4) is 0 Å². The molecule has 3 N–H and O–H groups in total. The van der Waals surface area contributed by atoms with Crippen LogP contribution in [-0.4, -0.2) is 42.5 Å². The molecule has 6 heteroatoms. The number of ketones is 1. The Balaban J connectivity index is 0.00000109. The lowest BCUT2D eigenvalue weighted by atomic mass is 9.80. The molecule has 28 heavy (non-hydrogen) atoms. The number of carbonyl (C=O) groups is 2. The molecule has 5 nitrogen and oxygen atoms in total. The van der Waals surface area contributed by atoms with Crippen molar-refractivity contribution in [3.05, 3.63) is 58.6 Å². The number of nitrogens with one attached hydrogen (secondary N) is 2. The van der Waals surface area contributed by atoms with E-state index in [-0.39, 0.29) is 11.7 Å². The Morgan fingerprint density at radius 3 is 2.25 bits per heavy atom. The van der Waals surface area contributed by atoms with Crippen LogP contribution in [0.2, 0.25) is 5.02 Å². The minimum atomic E-state index is -0.722. The van der Waals surface area contributed by atoms with E-state index in [0.29, 0.717) is 17.9 Å². The standard InChI is InChI=1S/C21H21ClN2O2.CH4O/c1-13-2-3-15(14-4-6-16(22)7-5-14)12-17(13)18-19(25)21(24-20(18)26)8-10-23-11-9-21;1-2/h2-7,12,18,23H,8-11H2,1H3,(H,24,26);2H,1H3. The molecule has 2 aromatic carbocycles. The minimum absolute atomic E-state index is 0.0142. The van der Waals surface area contributed by atoms with Crippen molar-refractivity contribution in [3.63, 3.8) is 0 Å². The fraction of sp³-hybridized carbons (Fsp3) is 0.364. The Labute approximate surface area is 170 Å². The van der Waals surface area contributed by atoms with Gasteiger partial charge in [0.15, 0.2) is 5.78 Å². The molecule has 4 rings (SSSR count). The van der Waals surface area contributed by atoms with E-state index in [1.165, 1.54) is 0 Å². The zero-order valence-electron chi connectivity index (χ0n) is 16.1. The zero-order valence-corrected chi connectivity index (χ0v) is 16.8. The van der Waals surface area contributed by atoms with Crippen LogP contribution in [0.25, 0.3) is 11.1 Å². The largest absolute Gasteiger partial charge is 0.400 e. The average Bonchev–Trinajstić information content (AvgIpc) is 2.94. The van der Waals surface area contributed by atoms with Crippen LogP contribution in [0.15, 0.2) is 42.5 Å². The van der Waals surface area contributed by atoms with Crippen molar-refractivity contribution >= 4 is 23.3 Å². The molecule has 0 saturated carbocycles. The number of amides is 1. The first-order valence-corrected chi connectivity index (χ1v) is 9.76. The van der Waals surface area contributed by atoms with Gasteiger partial charge in [0.25, 0.3) is 0 Å². The number of aliphatic hydroxyl groups is 1. The molecular formula is C22H25ClN2O3. The Kier molecular flexibility index (Phi) is 6.18. The third-order valence-electron chi connectivity index (χ3n) is 5.58. The Morgan fingerprint density at radius 2 is 1.61 bits per heavy atom. The number of aryl methyl sites for hydroxylation is 1. The Hall–Kier alpha value is -2.21. The first-order chi connectivity index (χ1) is 13.5. The fourth-order valence-electron chi connectivity index (χ4n) is 4.05. The normalized spacial score (nSPS) is 20.5. The van der Waals surface area contributed by atoms with Crippen molar-refractivity contribution in [2.75, 3.05) is 20.2 Å². The lowest BCUT2D eigenvalue weighted by Gasteiger charge is -2.32. The molecule has 0 bridgehead atoms. The predicted molar refractivity (Wildman–Crippen MR) is 110 cm³/mol. The molecule has 1 atom stereocenters. The van der Waals surface area contributed by atoms with E-state index in [1.807, 2.05) is 49.4 Å². The highest BCUT2D eigenvalue weighted by Crippen LogP contribution is 2.37. The highest BCUT2D eigenvalue weighted by Gasteiger charge is 2.53. The summed E-state index contributed by atoms with van der Waals surface area (Å²) in [7, 11) is 1.00. The molecule has 0 aromatic heterocycles. The molecule has 148 valence electrons. The van der Waals surface area contributed by atoms with Crippen molar-refractivity contribution in [1.82, 2.24) is 10.6 Å². The van der Waals surface area contributed by atoms with Gasteiger partial charge in [-0.05, 0) is 73.3 Å². The molecule has 1 spiro atoms. The van der Waals surface area contributed by atoms with Crippen molar-refractivity contribution in [3.8, 4) is 11.1 Å². The number of benzene rings is 2. The molecule has 2 aromatic rings. The smallest absolute Gasteiger partial charge is 0.235 e. The summed E-state index contributed by atoms with van der Waals surface area (Å²) in [4.78, 5) is 25.9. The number of halogens is 1. The van der Waals surface area contributed by atoms with Gasteiger partial charge < -0.3 is 15.7 Å². The second kappa shape index (κ2) is 8.43. The maximum absolute atomic E-state index is 13.2. The third-order valence-corrected chi connectivity index (χ3v) is 5.84. The minimum Gasteiger partial charge on any atom is -0.400 e. The van der Waals surface area contributed by atoms with Crippen molar-refractivity contribution in [1.29, 1.82) is 0 Å². The van der Waals surface area contributed by atoms with Crippen LogP contribution in [0, 0.1) is 6.92 Å². The maximum Gasteiger partial charge on any atom is 0.235 e. The summed E-state index contributed by atoms with van der Waals surface area (Å²) in [5.74, 6) is -0.881. The number of Topliss-reactive ketones (excluding diaryl/α,β-unsaturated/α-hetero) is 1. The number of rotatable bonds is 2. The molecule has 0 radical (unpaired) electrons. The molecule has 2 fully saturated rings. The van der Waals surface area contributed by atoms with Gasteiger partial charge in [-0.1, -0.05) is 35.9 Å². The summed E-state index contributed by atoms with van der Waals surface area (Å²) in [6, 6.07) is 13.5. The van der Waals surface area contributed by atoms with Crippen LogP contribution >= 0.6 is 11.6 Å². The van der Waals surface area contributed by atoms with Crippen LogP contribution in [0.1, 0.15) is 29.9 Å². The maximum atomic E-state index is 13.2. The molecule has 0 aliphatic carbocycles. The molecular weight excluding hydrogens is 376 g/mol. The first-order valence-electron chi connectivity index (χ1n) is 9.38. The summed E-state index contributed by atoms with van der Waals surface area (Å²) in [6.07, 6.45) is 1.31. The van der Waals surface area contributed by atoms with E-state index >= 15 is 0 Å². The van der Waals surface area contributed by atoms with Gasteiger partial charge in [-0.3, -0.25) is 9.59 Å². The van der Waals surface area contributed by atoms with E-state index < -0.39 is 11.5 Å². The Morgan fingerprint density at radius 1 is 1.00 bits per heavy atom. The van der Waals surface area contributed by atoms with Crippen molar-refractivity contribution in [2.45, 2.75) is 31.2 Å². The highest BCUT2D eigenvalue weighted by atomic mass is 35.5. The summed E-state index contributed by atoms with van der Waals surface area (Å²) in [6.45, 7) is 3.46. The molecule has 1 unspecified atom stereocenters. The van der Waals surface area contributed by atoms with Gasteiger partial charge in [-0.2, -0.15) is 0 Å². The Bertz CT molecular complexity index is 874. The molecule has 2 saturated heterocycles.